The summed E-state index contributed by atoms with van der Waals surface area (Å²) in [5.74, 6) is 0.360. The molecule has 0 saturated heterocycles. The number of fused-ring (bicyclic) bond motifs is 6. The monoisotopic (exact) mass is 848 g/mol. The van der Waals surface area contributed by atoms with E-state index in [4.69, 9.17) is 0 Å². The molecular formula is C64H52N2. The van der Waals surface area contributed by atoms with Crippen LogP contribution in [-0.2, 0) is 18.9 Å². The van der Waals surface area contributed by atoms with E-state index in [0.717, 1.165) is 49.2 Å². The first-order valence-corrected chi connectivity index (χ1v) is 23.7. The third-order valence-corrected chi connectivity index (χ3v) is 14.7. The van der Waals surface area contributed by atoms with Gasteiger partial charge in [0.2, 0.25) is 0 Å². The number of hydrogen-bond donors (Lipinski definition) is 0. The summed E-state index contributed by atoms with van der Waals surface area (Å²) in [5.41, 5.74) is 21.8. The summed E-state index contributed by atoms with van der Waals surface area (Å²) in [6.45, 7) is 0. The standard InChI is InChI=1S/C64H52N2/c1-65-61-41-45(35-37-48-23-18-34-60-63(48)58-32-14-15-33-59(58)64(60,51-26-10-4-11-27-51)52-28-12-5-13-29-52)36-39-56(61)57-40-38-55(44-62(57)65)66(53-30-16-24-49(42-53)46-19-6-2-7-20-46)54-31-17-25-50(43-54)47-21-8-3-9-22-47/h2-12,14-26,28,30-35,37-38,40-44,51H,13,27,29,36,39H2,1H3/b37-35+. The zero-order valence-corrected chi connectivity index (χ0v) is 37.4. The fourth-order valence-corrected chi connectivity index (χ4v) is 11.7. The van der Waals surface area contributed by atoms with Crippen LogP contribution in [0.5, 0.6) is 0 Å². The largest absolute Gasteiger partial charge is 0.344 e. The first kappa shape index (κ1) is 39.9. The van der Waals surface area contributed by atoms with Crippen molar-refractivity contribution < 1.29 is 0 Å². The average Bonchev–Trinajstić information content (AvgIpc) is 3.85. The molecule has 318 valence electrons. The minimum absolute atomic E-state index is 0.187. The molecule has 66 heavy (non-hydrogen) atoms. The van der Waals surface area contributed by atoms with E-state index in [9.17, 15) is 0 Å². The van der Waals surface area contributed by atoms with E-state index in [-0.39, 0.29) is 5.41 Å². The van der Waals surface area contributed by atoms with Gasteiger partial charge in [-0.2, -0.15) is 0 Å². The van der Waals surface area contributed by atoms with E-state index in [1.165, 1.54) is 83.4 Å². The molecule has 1 aromatic heterocycles. The molecule has 12 rings (SSSR count). The van der Waals surface area contributed by atoms with Gasteiger partial charge in [0.1, 0.15) is 0 Å². The van der Waals surface area contributed by atoms with Gasteiger partial charge < -0.3 is 9.47 Å². The van der Waals surface area contributed by atoms with Crippen LogP contribution in [0.1, 0.15) is 53.6 Å². The highest BCUT2D eigenvalue weighted by molar-refractivity contribution is 5.95. The van der Waals surface area contributed by atoms with Crippen LogP contribution in [0.25, 0.3) is 56.4 Å². The number of anilines is 3. The maximum Gasteiger partial charge on any atom is 0.0506 e. The highest BCUT2D eigenvalue weighted by atomic mass is 15.1. The normalized spacial score (nSPS) is 18.2. The van der Waals surface area contributed by atoms with Gasteiger partial charge in [0, 0.05) is 40.6 Å². The quantitative estimate of drug-likeness (QED) is 0.140. The molecule has 2 atom stereocenters. The van der Waals surface area contributed by atoms with Crippen LogP contribution in [0.15, 0.2) is 230 Å². The molecule has 0 saturated carbocycles. The number of hydrogen-bond acceptors (Lipinski definition) is 1. The van der Waals surface area contributed by atoms with E-state index in [0.29, 0.717) is 5.92 Å². The smallest absolute Gasteiger partial charge is 0.0506 e. The molecule has 2 heteroatoms. The lowest BCUT2D eigenvalue weighted by Crippen LogP contribution is -2.36. The molecular weight excluding hydrogens is 797 g/mol. The summed E-state index contributed by atoms with van der Waals surface area (Å²) in [5, 5.41) is 1.33. The van der Waals surface area contributed by atoms with Crippen LogP contribution in [0.2, 0.25) is 0 Å². The maximum absolute atomic E-state index is 2.47. The Hall–Kier alpha value is -7.68. The average molecular weight is 849 g/mol. The summed E-state index contributed by atoms with van der Waals surface area (Å²) in [7, 11) is 2.25. The van der Waals surface area contributed by atoms with Crippen molar-refractivity contribution in [3.63, 3.8) is 0 Å². The number of rotatable bonds is 9. The molecule has 0 spiro atoms. The molecule has 2 nitrogen and oxygen atoms in total. The molecule has 0 fully saturated rings. The molecule has 1 heterocycles. The van der Waals surface area contributed by atoms with Crippen LogP contribution in [0, 0.1) is 5.92 Å². The summed E-state index contributed by atoms with van der Waals surface area (Å²) >= 11 is 0. The molecule has 4 aliphatic rings. The second-order valence-corrected chi connectivity index (χ2v) is 18.3. The Labute approximate surface area is 389 Å². The molecule has 0 bridgehead atoms. The van der Waals surface area contributed by atoms with Crippen molar-refractivity contribution in [3.8, 4) is 33.4 Å². The number of aryl methyl sites for hydroxylation is 2. The SMILES string of the molecule is Cn1c2c(c3ccc(N(c4cccc(-c5ccccc5)c4)c4cccc(-c5ccccc5)c4)cc31)CCC(/C=C/c1cccc3c1-c1ccccc1C3(C1=CC=CCC1)C1C=CC=CC1)=C2. The first-order valence-electron chi connectivity index (χ1n) is 23.7. The minimum Gasteiger partial charge on any atom is -0.344 e. The van der Waals surface area contributed by atoms with Gasteiger partial charge in [-0.1, -0.05) is 194 Å². The zero-order chi connectivity index (χ0) is 44.0. The van der Waals surface area contributed by atoms with E-state index >= 15 is 0 Å². The Bertz CT molecular complexity index is 3270. The Balaban J connectivity index is 0.931. The Morgan fingerprint density at radius 3 is 1.97 bits per heavy atom. The molecule has 4 aliphatic carbocycles. The van der Waals surface area contributed by atoms with E-state index < -0.39 is 0 Å². The second kappa shape index (κ2) is 16.7. The van der Waals surface area contributed by atoms with Gasteiger partial charge in [0.05, 0.1) is 5.52 Å². The van der Waals surface area contributed by atoms with Crippen molar-refractivity contribution in [2.75, 3.05) is 4.90 Å². The second-order valence-electron chi connectivity index (χ2n) is 18.3. The number of nitrogens with zero attached hydrogens (tertiary/aromatic N) is 2. The van der Waals surface area contributed by atoms with E-state index in [1.807, 2.05) is 0 Å². The predicted octanol–water partition coefficient (Wildman–Crippen LogP) is 16.7. The topological polar surface area (TPSA) is 8.17 Å². The summed E-state index contributed by atoms with van der Waals surface area (Å²) in [4.78, 5) is 2.42. The van der Waals surface area contributed by atoms with Gasteiger partial charge >= 0.3 is 0 Å². The molecule has 8 aromatic rings. The highest BCUT2D eigenvalue weighted by Gasteiger charge is 2.50. The molecule has 7 aromatic carbocycles. The van der Waals surface area contributed by atoms with Crippen molar-refractivity contribution in [1.29, 1.82) is 0 Å². The summed E-state index contributed by atoms with van der Waals surface area (Å²) in [6.07, 6.45) is 28.8. The van der Waals surface area contributed by atoms with Gasteiger partial charge in [0.15, 0.2) is 0 Å². The third kappa shape index (κ3) is 6.71. The summed E-state index contributed by atoms with van der Waals surface area (Å²) in [6, 6.07) is 62.7. The molecule has 0 N–H and O–H groups in total. The van der Waals surface area contributed by atoms with Crippen molar-refractivity contribution in [1.82, 2.24) is 4.57 Å². The molecule has 2 unspecified atom stereocenters. The number of benzene rings is 7. The van der Waals surface area contributed by atoms with Crippen LogP contribution in [-0.4, -0.2) is 4.57 Å². The van der Waals surface area contributed by atoms with Gasteiger partial charge in [0.25, 0.3) is 0 Å². The highest BCUT2D eigenvalue weighted by Crippen LogP contribution is 2.60. The summed E-state index contributed by atoms with van der Waals surface area (Å²) < 4.78 is 2.42. The maximum atomic E-state index is 2.47. The molecule has 0 aliphatic heterocycles. The van der Waals surface area contributed by atoms with Gasteiger partial charge in [-0.05, 0) is 142 Å². The van der Waals surface area contributed by atoms with Crippen molar-refractivity contribution >= 4 is 40.1 Å². The number of allylic oxidation sites excluding steroid dienone is 10. The lowest BCUT2D eigenvalue weighted by atomic mass is 9.60. The lowest BCUT2D eigenvalue weighted by Gasteiger charge is -2.42. The Morgan fingerprint density at radius 2 is 1.26 bits per heavy atom. The minimum atomic E-state index is -0.187. The zero-order valence-electron chi connectivity index (χ0n) is 37.4. The van der Waals surface area contributed by atoms with Gasteiger partial charge in [-0.25, -0.2) is 0 Å². The van der Waals surface area contributed by atoms with Gasteiger partial charge in [-0.3, -0.25) is 0 Å². The Kier molecular flexibility index (Phi) is 10.1. The predicted molar refractivity (Wildman–Crippen MR) is 279 cm³/mol. The molecule has 0 amide bonds. The lowest BCUT2D eigenvalue weighted by molar-refractivity contribution is 0.435. The fourth-order valence-electron chi connectivity index (χ4n) is 11.7. The van der Waals surface area contributed by atoms with E-state index in [2.05, 4.69) is 247 Å². The van der Waals surface area contributed by atoms with Crippen molar-refractivity contribution in [3.05, 3.63) is 258 Å². The van der Waals surface area contributed by atoms with E-state index in [1.54, 1.807) is 0 Å². The van der Waals surface area contributed by atoms with Crippen LogP contribution >= 0.6 is 0 Å². The fraction of sp³-hybridized carbons (Fsp3) is 0.125. The van der Waals surface area contributed by atoms with Crippen LogP contribution < -0.4 is 4.90 Å². The number of aromatic nitrogens is 1. The van der Waals surface area contributed by atoms with Crippen molar-refractivity contribution in [2.45, 2.75) is 37.5 Å². The Morgan fingerprint density at radius 1 is 0.576 bits per heavy atom. The third-order valence-electron chi connectivity index (χ3n) is 14.7. The van der Waals surface area contributed by atoms with Crippen LogP contribution in [0.4, 0.5) is 17.1 Å². The van der Waals surface area contributed by atoms with Crippen LogP contribution in [0.3, 0.4) is 0 Å². The molecule has 0 radical (unpaired) electrons. The van der Waals surface area contributed by atoms with Crippen molar-refractivity contribution in [2.24, 2.45) is 13.0 Å². The van der Waals surface area contributed by atoms with Gasteiger partial charge in [-0.15, -0.1) is 0 Å². The first-order chi connectivity index (χ1) is 32.6.